The number of nitro benzene ring substituents is 1. The highest BCUT2D eigenvalue weighted by Crippen LogP contribution is 2.44. The number of nitrogens with zero attached hydrogens (tertiary/aromatic N) is 3. The van der Waals surface area contributed by atoms with Crippen LogP contribution in [0.4, 0.5) is 17.5 Å². The number of hydrogen-bond donors (Lipinski definition) is 2. The molecule has 1 fully saturated rings. The topological polar surface area (TPSA) is 130 Å². The van der Waals surface area contributed by atoms with Gasteiger partial charge in [0.15, 0.2) is 5.78 Å². The zero-order chi connectivity index (χ0) is 21.5. The number of H-pyrrole nitrogens is 1. The zero-order valence-corrected chi connectivity index (χ0v) is 16.7. The number of Topliss-reactive ketones (excluding diaryl/α,β-unsaturated/α-hetero) is 1. The highest BCUT2D eigenvalue weighted by atomic mass is 16.6. The minimum Gasteiger partial charge on any atom is -0.378 e. The van der Waals surface area contributed by atoms with Gasteiger partial charge in [0.2, 0.25) is 5.95 Å². The van der Waals surface area contributed by atoms with Crippen LogP contribution >= 0.6 is 0 Å². The summed E-state index contributed by atoms with van der Waals surface area (Å²) in [5.41, 5.74) is 1.65. The SMILES string of the molecule is O=C1CCCC2=C1C(c1cccc([N+](=O)[O-])c1)c1c(nc(N3CCOCC3)[nH]c1=O)N2. The van der Waals surface area contributed by atoms with Crippen molar-refractivity contribution in [1.29, 1.82) is 0 Å². The van der Waals surface area contributed by atoms with Gasteiger partial charge in [-0.3, -0.25) is 24.7 Å². The van der Waals surface area contributed by atoms with Gasteiger partial charge in [0.1, 0.15) is 5.82 Å². The lowest BCUT2D eigenvalue weighted by Gasteiger charge is -2.34. The summed E-state index contributed by atoms with van der Waals surface area (Å²) in [6, 6.07) is 6.12. The molecular weight excluding hydrogens is 402 g/mol. The number of ether oxygens (including phenoxy) is 1. The van der Waals surface area contributed by atoms with Crippen LogP contribution in [0, 0.1) is 10.1 Å². The molecule has 0 spiro atoms. The second-order valence-corrected chi connectivity index (χ2v) is 7.83. The van der Waals surface area contributed by atoms with Gasteiger partial charge in [-0.15, -0.1) is 0 Å². The maximum atomic E-state index is 13.2. The Morgan fingerprint density at radius 3 is 2.77 bits per heavy atom. The van der Waals surface area contributed by atoms with Gasteiger partial charge < -0.3 is 15.0 Å². The molecule has 160 valence electrons. The highest BCUT2D eigenvalue weighted by Gasteiger charge is 2.38. The summed E-state index contributed by atoms with van der Waals surface area (Å²) in [4.78, 5) is 46.5. The van der Waals surface area contributed by atoms with Crippen LogP contribution < -0.4 is 15.8 Å². The number of ketones is 1. The lowest BCUT2D eigenvalue weighted by molar-refractivity contribution is -0.384. The summed E-state index contributed by atoms with van der Waals surface area (Å²) in [5, 5.41) is 14.6. The quantitative estimate of drug-likeness (QED) is 0.567. The van der Waals surface area contributed by atoms with Crippen LogP contribution in [-0.4, -0.2) is 47.0 Å². The summed E-state index contributed by atoms with van der Waals surface area (Å²) in [6.45, 7) is 2.33. The van der Waals surface area contributed by atoms with Crippen molar-refractivity contribution in [3.05, 3.63) is 67.1 Å². The molecule has 10 heteroatoms. The van der Waals surface area contributed by atoms with Crippen LogP contribution in [0.3, 0.4) is 0 Å². The molecule has 1 aliphatic carbocycles. The highest BCUT2D eigenvalue weighted by molar-refractivity contribution is 6.01. The predicted octanol–water partition coefficient (Wildman–Crippen LogP) is 2.08. The molecule has 10 nitrogen and oxygen atoms in total. The van der Waals surface area contributed by atoms with Crippen LogP contribution in [0.1, 0.15) is 36.3 Å². The number of aromatic nitrogens is 2. The molecule has 0 bridgehead atoms. The third-order valence-electron chi connectivity index (χ3n) is 5.97. The number of nitro groups is 1. The molecule has 2 aliphatic heterocycles. The molecule has 0 saturated carbocycles. The molecule has 1 atom stereocenters. The van der Waals surface area contributed by atoms with E-state index >= 15 is 0 Å². The van der Waals surface area contributed by atoms with Crippen LogP contribution in [0.2, 0.25) is 0 Å². The summed E-state index contributed by atoms with van der Waals surface area (Å²) < 4.78 is 5.37. The Labute approximate surface area is 177 Å². The Hall–Kier alpha value is -3.53. The van der Waals surface area contributed by atoms with Crippen molar-refractivity contribution in [3.63, 3.8) is 0 Å². The van der Waals surface area contributed by atoms with E-state index in [0.717, 1.165) is 5.70 Å². The van der Waals surface area contributed by atoms with Gasteiger partial charge in [-0.2, -0.15) is 4.98 Å². The number of benzene rings is 1. The molecule has 1 aromatic carbocycles. The van der Waals surface area contributed by atoms with Gasteiger partial charge in [0.25, 0.3) is 11.2 Å². The Morgan fingerprint density at radius 1 is 1.19 bits per heavy atom. The van der Waals surface area contributed by atoms with E-state index in [0.29, 0.717) is 74.0 Å². The van der Waals surface area contributed by atoms with Gasteiger partial charge in [0.05, 0.1) is 23.7 Å². The minimum atomic E-state index is -0.700. The maximum Gasteiger partial charge on any atom is 0.269 e. The average Bonchev–Trinajstić information content (AvgIpc) is 2.78. The smallest absolute Gasteiger partial charge is 0.269 e. The molecule has 5 rings (SSSR count). The van der Waals surface area contributed by atoms with Crippen LogP contribution in [0.5, 0.6) is 0 Å². The largest absolute Gasteiger partial charge is 0.378 e. The molecular formula is C21H21N5O5. The first-order valence-corrected chi connectivity index (χ1v) is 10.3. The molecule has 3 aliphatic rings. The number of carbonyl (C=O) groups is 1. The first kappa shape index (κ1) is 19.4. The van der Waals surface area contributed by atoms with E-state index in [1.165, 1.54) is 12.1 Å². The van der Waals surface area contributed by atoms with E-state index < -0.39 is 10.8 Å². The lowest BCUT2D eigenvalue weighted by atomic mass is 9.76. The minimum absolute atomic E-state index is 0.0486. The number of hydrogen-bond acceptors (Lipinski definition) is 8. The number of carbonyl (C=O) groups excluding carboxylic acids is 1. The van der Waals surface area contributed by atoms with Crippen molar-refractivity contribution >= 4 is 23.2 Å². The van der Waals surface area contributed by atoms with Crippen molar-refractivity contribution in [2.75, 3.05) is 36.5 Å². The van der Waals surface area contributed by atoms with Crippen molar-refractivity contribution in [2.24, 2.45) is 0 Å². The second kappa shape index (κ2) is 7.62. The van der Waals surface area contributed by atoms with E-state index in [1.807, 2.05) is 4.90 Å². The molecule has 2 aromatic rings. The average molecular weight is 423 g/mol. The first-order chi connectivity index (χ1) is 15.0. The molecule has 1 saturated heterocycles. The maximum absolute atomic E-state index is 13.2. The van der Waals surface area contributed by atoms with Crippen molar-refractivity contribution in [3.8, 4) is 0 Å². The number of nitrogens with one attached hydrogen (secondary N) is 2. The normalized spacial score (nSPS) is 20.7. The third-order valence-corrected chi connectivity index (χ3v) is 5.97. The first-order valence-electron chi connectivity index (χ1n) is 10.3. The fourth-order valence-electron chi connectivity index (χ4n) is 4.53. The van der Waals surface area contributed by atoms with Crippen molar-refractivity contribution < 1.29 is 14.5 Å². The predicted molar refractivity (Wildman–Crippen MR) is 112 cm³/mol. The van der Waals surface area contributed by atoms with Gasteiger partial charge in [-0.05, 0) is 18.4 Å². The number of allylic oxidation sites excluding steroid dienone is 2. The van der Waals surface area contributed by atoms with Gasteiger partial charge in [-0.1, -0.05) is 12.1 Å². The Kier molecular flexibility index (Phi) is 4.78. The van der Waals surface area contributed by atoms with Gasteiger partial charge in [-0.25, -0.2) is 0 Å². The number of morpholine rings is 1. The Balaban J connectivity index is 1.68. The standard InChI is InChI=1S/C21H21N5O5/c27-15-6-2-5-14-17(15)16(12-3-1-4-13(11-12)26(29)30)18-19(22-14)23-21(24-20(18)28)25-7-9-31-10-8-25/h1,3-4,11,16H,2,5-10H2,(H2,22,23,24,28). The molecule has 1 aromatic heterocycles. The van der Waals surface area contributed by atoms with E-state index in [9.17, 15) is 19.7 Å². The molecule has 1 unspecified atom stereocenters. The summed E-state index contributed by atoms with van der Waals surface area (Å²) in [7, 11) is 0. The molecule has 0 radical (unpaired) electrons. The van der Waals surface area contributed by atoms with Crippen molar-refractivity contribution in [1.82, 2.24) is 9.97 Å². The van der Waals surface area contributed by atoms with Gasteiger partial charge in [0, 0.05) is 48.8 Å². The number of rotatable bonds is 3. The summed E-state index contributed by atoms with van der Waals surface area (Å²) >= 11 is 0. The van der Waals surface area contributed by atoms with E-state index in [1.54, 1.807) is 12.1 Å². The van der Waals surface area contributed by atoms with Crippen LogP contribution in [0.15, 0.2) is 40.3 Å². The van der Waals surface area contributed by atoms with E-state index in [-0.39, 0.29) is 17.0 Å². The summed E-state index contributed by atoms with van der Waals surface area (Å²) in [6.07, 6.45) is 1.76. The summed E-state index contributed by atoms with van der Waals surface area (Å²) in [5.74, 6) is 0.0974. The van der Waals surface area contributed by atoms with E-state index in [4.69, 9.17) is 4.74 Å². The number of aromatic amines is 1. The molecule has 0 amide bonds. The Morgan fingerprint density at radius 2 is 2.00 bits per heavy atom. The van der Waals surface area contributed by atoms with Crippen LogP contribution in [0.25, 0.3) is 0 Å². The van der Waals surface area contributed by atoms with Crippen molar-refractivity contribution in [2.45, 2.75) is 25.2 Å². The Bertz CT molecular complexity index is 1160. The van der Waals surface area contributed by atoms with Gasteiger partial charge >= 0.3 is 0 Å². The fourth-order valence-corrected chi connectivity index (χ4v) is 4.53. The zero-order valence-electron chi connectivity index (χ0n) is 16.7. The fraction of sp³-hybridized carbons (Fsp3) is 0.381. The molecule has 2 N–H and O–H groups in total. The second-order valence-electron chi connectivity index (χ2n) is 7.83. The number of fused-ring (bicyclic) bond motifs is 1. The molecule has 31 heavy (non-hydrogen) atoms. The number of non-ortho nitro benzene ring substituents is 1. The van der Waals surface area contributed by atoms with E-state index in [2.05, 4.69) is 15.3 Å². The third kappa shape index (κ3) is 3.38. The lowest BCUT2D eigenvalue weighted by Crippen LogP contribution is -2.40. The van der Waals surface area contributed by atoms with Crippen LogP contribution in [-0.2, 0) is 9.53 Å². The monoisotopic (exact) mass is 423 g/mol. The number of anilines is 2. The molecule has 3 heterocycles.